The predicted molar refractivity (Wildman–Crippen MR) is 70.7 cm³/mol. The molecule has 0 saturated heterocycles. The Morgan fingerprint density at radius 2 is 2.06 bits per heavy atom. The van der Waals surface area contributed by atoms with Crippen LogP contribution in [-0.2, 0) is 5.88 Å². The molecule has 100 valence electrons. The molecule has 7 heteroatoms. The maximum Gasteiger partial charge on any atom is 0.446 e. The number of thioether (sulfide) groups is 1. The molecule has 0 spiro atoms. The van der Waals surface area contributed by atoms with Crippen LogP contribution in [0.5, 0.6) is 0 Å². The van der Waals surface area contributed by atoms with Crippen LogP contribution in [0.3, 0.4) is 0 Å². The average Bonchev–Trinajstić information content (AvgIpc) is 2.27. The van der Waals surface area contributed by atoms with Crippen molar-refractivity contribution in [3.63, 3.8) is 0 Å². The van der Waals surface area contributed by atoms with E-state index in [1.54, 1.807) is 0 Å². The van der Waals surface area contributed by atoms with Crippen molar-refractivity contribution in [3.8, 4) is 0 Å². The zero-order valence-electron chi connectivity index (χ0n) is 9.06. The van der Waals surface area contributed by atoms with Crippen LogP contribution in [0.15, 0.2) is 23.1 Å². The van der Waals surface area contributed by atoms with Gasteiger partial charge in [-0.1, -0.05) is 15.9 Å². The highest BCUT2D eigenvalue weighted by Crippen LogP contribution is 2.37. The highest BCUT2D eigenvalue weighted by atomic mass is 79.9. The lowest BCUT2D eigenvalue weighted by atomic mass is 10.0. The van der Waals surface area contributed by atoms with E-state index in [2.05, 4.69) is 15.9 Å². The first-order valence-electron chi connectivity index (χ1n) is 4.91. The lowest BCUT2D eigenvalue weighted by molar-refractivity contribution is -0.0328. The third-order valence-electron chi connectivity index (χ3n) is 2.08. The third kappa shape index (κ3) is 4.82. The Balaban J connectivity index is 3.00. The molecule has 1 rings (SSSR count). The number of ketones is 1. The molecule has 0 atom stereocenters. The minimum absolute atomic E-state index is 0.00954. The van der Waals surface area contributed by atoms with Crippen LogP contribution in [0, 0.1) is 0 Å². The number of rotatable bonds is 5. The van der Waals surface area contributed by atoms with Crippen LogP contribution >= 0.6 is 39.3 Å². The van der Waals surface area contributed by atoms with E-state index in [9.17, 15) is 18.0 Å². The summed E-state index contributed by atoms with van der Waals surface area (Å²) >= 11 is 8.59. The molecule has 0 N–H and O–H groups in total. The molecule has 1 aromatic carbocycles. The number of hydrogen-bond acceptors (Lipinski definition) is 2. The first kappa shape index (κ1) is 15.9. The van der Waals surface area contributed by atoms with E-state index < -0.39 is 5.51 Å². The molecule has 0 aliphatic carbocycles. The van der Waals surface area contributed by atoms with Gasteiger partial charge in [0.1, 0.15) is 0 Å². The largest absolute Gasteiger partial charge is 0.446 e. The second-order valence-corrected chi connectivity index (χ2v) is 5.56. The van der Waals surface area contributed by atoms with E-state index in [0.717, 1.165) is 0 Å². The van der Waals surface area contributed by atoms with Gasteiger partial charge in [-0.3, -0.25) is 4.79 Å². The van der Waals surface area contributed by atoms with Gasteiger partial charge in [-0.05, 0) is 35.5 Å². The van der Waals surface area contributed by atoms with Gasteiger partial charge >= 0.3 is 5.51 Å². The number of benzene rings is 1. The molecule has 0 fully saturated rings. The number of carbonyl (C=O) groups is 1. The molecule has 0 aromatic heterocycles. The summed E-state index contributed by atoms with van der Waals surface area (Å²) in [7, 11) is 0. The number of alkyl halides is 5. The van der Waals surface area contributed by atoms with Crippen molar-refractivity contribution in [2.45, 2.75) is 22.7 Å². The van der Waals surface area contributed by atoms with Gasteiger partial charge in [0.25, 0.3) is 0 Å². The number of carbonyl (C=O) groups excluding carboxylic acids is 1. The smallest absolute Gasteiger partial charge is 0.294 e. The first-order valence-corrected chi connectivity index (χ1v) is 7.38. The Bertz CT molecular complexity index is 437. The van der Waals surface area contributed by atoms with Gasteiger partial charge in [-0.2, -0.15) is 13.2 Å². The SMILES string of the molecule is O=C(CCBr)c1ccc(SC(F)(F)F)cc1CCl. The van der Waals surface area contributed by atoms with Gasteiger partial charge in [0.2, 0.25) is 0 Å². The molecule has 1 nitrogen and oxygen atoms in total. The molecular formula is C11H9BrClF3OS. The van der Waals surface area contributed by atoms with Crippen molar-refractivity contribution < 1.29 is 18.0 Å². The van der Waals surface area contributed by atoms with E-state index in [1.165, 1.54) is 18.2 Å². The van der Waals surface area contributed by atoms with E-state index in [0.29, 0.717) is 16.5 Å². The fourth-order valence-corrected chi connectivity index (χ4v) is 2.56. The second-order valence-electron chi connectivity index (χ2n) is 3.36. The van der Waals surface area contributed by atoms with Crippen LogP contribution in [-0.4, -0.2) is 16.6 Å². The van der Waals surface area contributed by atoms with Crippen molar-refractivity contribution in [3.05, 3.63) is 29.3 Å². The van der Waals surface area contributed by atoms with Gasteiger partial charge in [-0.25, -0.2) is 0 Å². The predicted octanol–water partition coefficient (Wildman–Crippen LogP) is 5.01. The van der Waals surface area contributed by atoms with Crippen LogP contribution < -0.4 is 0 Å². The first-order chi connectivity index (χ1) is 8.37. The summed E-state index contributed by atoms with van der Waals surface area (Å²) in [6, 6.07) is 4.00. The molecule has 0 radical (unpaired) electrons. The minimum atomic E-state index is -4.34. The Hall–Kier alpha value is -0.200. The van der Waals surface area contributed by atoms with Gasteiger partial charge in [0, 0.05) is 28.1 Å². The molecule has 0 heterocycles. The normalized spacial score (nSPS) is 11.6. The molecule has 0 aliphatic rings. The molecule has 0 bridgehead atoms. The van der Waals surface area contributed by atoms with Crippen molar-refractivity contribution in [1.82, 2.24) is 0 Å². The summed E-state index contributed by atoms with van der Waals surface area (Å²) in [6.07, 6.45) is 0.287. The maximum atomic E-state index is 12.2. The summed E-state index contributed by atoms with van der Waals surface area (Å²) in [5.74, 6) is -0.124. The quantitative estimate of drug-likeness (QED) is 0.417. The number of halogens is 5. The third-order valence-corrected chi connectivity index (χ3v) is 3.48. The number of Topliss-reactive ketones (excluding diaryl/α,β-unsaturated/α-hetero) is 1. The summed E-state index contributed by atoms with van der Waals surface area (Å²) in [5, 5.41) is 0.507. The molecular weight excluding hydrogens is 353 g/mol. The molecule has 0 aliphatic heterocycles. The van der Waals surface area contributed by atoms with Gasteiger partial charge in [0.15, 0.2) is 5.78 Å². The Labute approximate surface area is 120 Å². The van der Waals surface area contributed by atoms with Crippen LogP contribution in [0.2, 0.25) is 0 Å². The summed E-state index contributed by atoms with van der Waals surface area (Å²) in [6.45, 7) is 0. The lowest BCUT2D eigenvalue weighted by Gasteiger charge is -2.10. The Morgan fingerprint density at radius 3 is 2.56 bits per heavy atom. The van der Waals surface area contributed by atoms with E-state index in [-0.39, 0.29) is 34.7 Å². The van der Waals surface area contributed by atoms with Gasteiger partial charge in [0.05, 0.1) is 0 Å². The summed E-state index contributed by atoms with van der Waals surface area (Å²) < 4.78 is 36.6. The minimum Gasteiger partial charge on any atom is -0.294 e. The molecule has 0 unspecified atom stereocenters. The number of hydrogen-bond donors (Lipinski definition) is 0. The van der Waals surface area contributed by atoms with Crippen molar-refractivity contribution in [1.29, 1.82) is 0 Å². The highest BCUT2D eigenvalue weighted by Gasteiger charge is 2.29. The summed E-state index contributed by atoms with van der Waals surface area (Å²) in [5.41, 5.74) is -3.53. The van der Waals surface area contributed by atoms with E-state index in [1.807, 2.05) is 0 Å². The van der Waals surface area contributed by atoms with Crippen molar-refractivity contribution >= 4 is 45.1 Å². The van der Waals surface area contributed by atoms with E-state index in [4.69, 9.17) is 11.6 Å². The van der Waals surface area contributed by atoms with E-state index >= 15 is 0 Å². The standard InChI is InChI=1S/C11H9BrClF3OS/c12-4-3-10(17)9-2-1-8(5-7(9)6-13)18-11(14,15)16/h1-2,5H,3-4,6H2. The van der Waals surface area contributed by atoms with Gasteiger partial charge < -0.3 is 0 Å². The molecule has 1 aromatic rings. The molecule has 0 amide bonds. The fourth-order valence-electron chi connectivity index (χ4n) is 1.37. The topological polar surface area (TPSA) is 17.1 Å². The zero-order valence-corrected chi connectivity index (χ0v) is 12.2. The second kappa shape index (κ2) is 6.82. The fraction of sp³-hybridized carbons (Fsp3) is 0.364. The zero-order chi connectivity index (χ0) is 13.8. The maximum absolute atomic E-state index is 12.2. The summed E-state index contributed by atoms with van der Waals surface area (Å²) in [4.78, 5) is 11.7. The van der Waals surface area contributed by atoms with Gasteiger partial charge in [-0.15, -0.1) is 11.6 Å². The molecule has 18 heavy (non-hydrogen) atoms. The lowest BCUT2D eigenvalue weighted by Crippen LogP contribution is -2.05. The Morgan fingerprint density at radius 1 is 1.39 bits per heavy atom. The van der Waals surface area contributed by atoms with Crippen molar-refractivity contribution in [2.75, 3.05) is 5.33 Å². The monoisotopic (exact) mass is 360 g/mol. The van der Waals surface area contributed by atoms with Crippen LogP contribution in [0.25, 0.3) is 0 Å². The molecule has 0 saturated carbocycles. The van der Waals surface area contributed by atoms with Crippen LogP contribution in [0.4, 0.5) is 13.2 Å². The van der Waals surface area contributed by atoms with Crippen LogP contribution in [0.1, 0.15) is 22.3 Å². The van der Waals surface area contributed by atoms with Crippen molar-refractivity contribution in [2.24, 2.45) is 0 Å². The average molecular weight is 362 g/mol. The Kier molecular flexibility index (Phi) is 6.01. The highest BCUT2D eigenvalue weighted by molar-refractivity contribution is 9.09.